The van der Waals surface area contributed by atoms with Gasteiger partial charge in [0.1, 0.15) is 17.8 Å². The van der Waals surface area contributed by atoms with Crippen LogP contribution < -0.4 is 5.32 Å². The molecule has 2 saturated carbocycles. The van der Waals surface area contributed by atoms with Crippen LogP contribution in [0.1, 0.15) is 65.0 Å². The Morgan fingerprint density at radius 1 is 1.23 bits per heavy atom. The molecule has 160 valence electrons. The molecule has 9 heteroatoms. The highest BCUT2D eigenvalue weighted by Gasteiger charge is 2.65. The minimum atomic E-state index is -3.18. The number of alkyl halides is 2. The maximum absolute atomic E-state index is 15.4. The van der Waals surface area contributed by atoms with Gasteiger partial charge in [-0.1, -0.05) is 12.1 Å². The Kier molecular flexibility index (Phi) is 4.39. The number of halogens is 2. The molecule has 2 fully saturated rings. The zero-order valence-corrected chi connectivity index (χ0v) is 17.3. The van der Waals surface area contributed by atoms with Crippen LogP contribution in [-0.4, -0.2) is 30.6 Å². The minimum Gasteiger partial charge on any atom is -0.321 e. The maximum atomic E-state index is 15.4. The summed E-state index contributed by atoms with van der Waals surface area (Å²) in [4.78, 5) is 21.6. The van der Waals surface area contributed by atoms with Gasteiger partial charge in [0.05, 0.1) is 5.41 Å². The lowest BCUT2D eigenvalue weighted by atomic mass is 9.88. The molecule has 0 saturated heterocycles. The van der Waals surface area contributed by atoms with Crippen LogP contribution in [0.4, 0.5) is 14.5 Å². The van der Waals surface area contributed by atoms with Crippen molar-refractivity contribution in [2.45, 2.75) is 49.9 Å². The molecular weight excluding hydrogens is 402 g/mol. The topological polar surface area (TPSA) is 85.6 Å². The van der Waals surface area contributed by atoms with Crippen LogP contribution in [0, 0.1) is 6.92 Å². The van der Waals surface area contributed by atoms with Crippen molar-refractivity contribution in [2.24, 2.45) is 7.05 Å². The first-order chi connectivity index (χ1) is 14.8. The van der Waals surface area contributed by atoms with Gasteiger partial charge < -0.3 is 9.88 Å². The molecule has 0 spiro atoms. The summed E-state index contributed by atoms with van der Waals surface area (Å²) >= 11 is 0. The van der Waals surface area contributed by atoms with E-state index in [-0.39, 0.29) is 17.4 Å². The number of carbonyl (C=O) groups excluding carboxylic acids is 1. The van der Waals surface area contributed by atoms with Crippen LogP contribution in [0.3, 0.4) is 0 Å². The normalized spacial score (nSPS) is 17.4. The monoisotopic (exact) mass is 424 g/mol. The summed E-state index contributed by atoms with van der Waals surface area (Å²) in [5.41, 5.74) is 0.586. The van der Waals surface area contributed by atoms with Gasteiger partial charge in [-0.2, -0.15) is 8.78 Å². The summed E-state index contributed by atoms with van der Waals surface area (Å²) in [5, 5.41) is 10.1. The van der Waals surface area contributed by atoms with Crippen molar-refractivity contribution in [1.82, 2.24) is 24.7 Å². The van der Waals surface area contributed by atoms with Gasteiger partial charge in [0.25, 0.3) is 5.91 Å². The van der Waals surface area contributed by atoms with Crippen molar-refractivity contribution in [3.05, 3.63) is 65.3 Å². The van der Waals surface area contributed by atoms with E-state index in [0.29, 0.717) is 35.8 Å². The lowest BCUT2D eigenvalue weighted by Crippen LogP contribution is -2.34. The van der Waals surface area contributed by atoms with E-state index in [1.54, 1.807) is 30.3 Å². The van der Waals surface area contributed by atoms with E-state index >= 15 is 8.78 Å². The number of nitrogens with one attached hydrogen (secondary N) is 1. The van der Waals surface area contributed by atoms with Crippen molar-refractivity contribution in [1.29, 1.82) is 0 Å². The van der Waals surface area contributed by atoms with Gasteiger partial charge in [-0.25, -0.2) is 9.97 Å². The van der Waals surface area contributed by atoms with E-state index in [1.165, 1.54) is 17.9 Å². The van der Waals surface area contributed by atoms with Crippen molar-refractivity contribution in [2.75, 3.05) is 5.32 Å². The van der Waals surface area contributed by atoms with E-state index in [2.05, 4.69) is 25.5 Å². The smallest absolute Gasteiger partial charge is 0.316 e. The van der Waals surface area contributed by atoms with Crippen molar-refractivity contribution in [3.63, 3.8) is 0 Å². The Balaban J connectivity index is 1.41. The largest absolute Gasteiger partial charge is 0.321 e. The van der Waals surface area contributed by atoms with Gasteiger partial charge in [0.2, 0.25) is 5.82 Å². The van der Waals surface area contributed by atoms with Crippen LogP contribution >= 0.6 is 0 Å². The van der Waals surface area contributed by atoms with Gasteiger partial charge in [-0.05, 0) is 56.4 Å². The van der Waals surface area contributed by atoms with Crippen LogP contribution in [0.15, 0.2) is 36.7 Å². The molecule has 1 aromatic carbocycles. The molecule has 3 aromatic rings. The van der Waals surface area contributed by atoms with Gasteiger partial charge >= 0.3 is 5.92 Å². The highest BCUT2D eigenvalue weighted by Crippen LogP contribution is 2.62. The fourth-order valence-electron chi connectivity index (χ4n) is 4.01. The van der Waals surface area contributed by atoms with Gasteiger partial charge in [0, 0.05) is 24.3 Å². The molecule has 0 atom stereocenters. The van der Waals surface area contributed by atoms with Crippen LogP contribution in [-0.2, 0) is 18.4 Å². The summed E-state index contributed by atoms with van der Waals surface area (Å²) in [7, 11) is 1.51. The van der Waals surface area contributed by atoms with Crippen LogP contribution in [0.25, 0.3) is 0 Å². The van der Waals surface area contributed by atoms with Crippen molar-refractivity contribution >= 4 is 11.6 Å². The van der Waals surface area contributed by atoms with Gasteiger partial charge in [-0.15, -0.1) is 10.2 Å². The molecular formula is C22H22F2N6O. The number of rotatable bonds is 6. The number of nitrogens with zero attached hydrogens (tertiary/aromatic N) is 5. The van der Waals surface area contributed by atoms with Crippen LogP contribution in [0.5, 0.6) is 0 Å². The Morgan fingerprint density at radius 2 is 2.00 bits per heavy atom. The highest BCUT2D eigenvalue weighted by atomic mass is 19.3. The minimum absolute atomic E-state index is 0.283. The molecule has 0 bridgehead atoms. The van der Waals surface area contributed by atoms with Crippen LogP contribution in [0.2, 0.25) is 0 Å². The molecule has 2 aliphatic carbocycles. The third-order valence-corrected chi connectivity index (χ3v) is 6.06. The van der Waals surface area contributed by atoms with Crippen molar-refractivity contribution in [3.8, 4) is 0 Å². The molecule has 7 nitrogen and oxygen atoms in total. The average Bonchev–Trinajstić information content (AvgIpc) is 3.65. The predicted molar refractivity (Wildman–Crippen MR) is 109 cm³/mol. The third-order valence-electron chi connectivity index (χ3n) is 6.06. The van der Waals surface area contributed by atoms with E-state index in [1.807, 2.05) is 6.92 Å². The van der Waals surface area contributed by atoms with Gasteiger partial charge in [-0.3, -0.25) is 4.79 Å². The second-order valence-corrected chi connectivity index (χ2v) is 8.48. The summed E-state index contributed by atoms with van der Waals surface area (Å²) in [6, 6.07) is 8.29. The lowest BCUT2D eigenvalue weighted by molar-refractivity contribution is -0.0574. The molecule has 1 N–H and O–H groups in total. The van der Waals surface area contributed by atoms with E-state index in [9.17, 15) is 4.79 Å². The number of anilines is 1. The van der Waals surface area contributed by atoms with Crippen molar-refractivity contribution < 1.29 is 13.6 Å². The molecule has 2 aliphatic rings. The number of hydrogen-bond acceptors (Lipinski definition) is 5. The Bertz CT molecular complexity index is 1170. The predicted octanol–water partition coefficient (Wildman–Crippen LogP) is 3.87. The van der Waals surface area contributed by atoms with E-state index in [0.717, 1.165) is 18.5 Å². The Morgan fingerprint density at radius 3 is 2.65 bits per heavy atom. The Labute approximate surface area is 177 Å². The fraction of sp³-hybridized carbons (Fsp3) is 0.409. The first-order valence-electron chi connectivity index (χ1n) is 10.3. The second-order valence-electron chi connectivity index (χ2n) is 8.48. The average molecular weight is 424 g/mol. The summed E-state index contributed by atoms with van der Waals surface area (Å²) in [6.07, 6.45) is 4.01. The summed E-state index contributed by atoms with van der Waals surface area (Å²) in [6.45, 7) is 1.83. The zero-order valence-electron chi connectivity index (χ0n) is 17.3. The number of benzene rings is 1. The molecule has 31 heavy (non-hydrogen) atoms. The molecule has 1 amide bonds. The van der Waals surface area contributed by atoms with E-state index < -0.39 is 11.3 Å². The SMILES string of the molecule is Cc1cc(C(=O)Nc2cccc(C3(C(F)(F)c4nncn4C)CC3)c2)nc(C2CC2)n1. The molecule has 5 rings (SSSR count). The standard InChI is InChI=1S/C22H22F2N6O/c1-13-10-17(28-18(26-13)14-6-7-14)19(31)27-16-5-3-4-15(11-16)21(8-9-21)22(23,24)20-29-25-12-30(20)2/h3-5,10-12,14H,6-9H2,1-2H3,(H,27,31). The second kappa shape index (κ2) is 6.90. The molecule has 0 unspecified atom stereocenters. The quantitative estimate of drug-likeness (QED) is 0.649. The number of carbonyl (C=O) groups is 1. The molecule has 2 heterocycles. The molecule has 2 aromatic heterocycles. The maximum Gasteiger partial charge on any atom is 0.316 e. The lowest BCUT2D eigenvalue weighted by Gasteiger charge is -2.26. The highest BCUT2D eigenvalue weighted by molar-refractivity contribution is 6.03. The molecule has 0 aliphatic heterocycles. The first-order valence-corrected chi connectivity index (χ1v) is 10.3. The zero-order chi connectivity index (χ0) is 21.8. The fourth-order valence-corrected chi connectivity index (χ4v) is 4.01. The summed E-state index contributed by atoms with van der Waals surface area (Å²) in [5.74, 6) is -2.89. The Hall–Kier alpha value is -3.23. The summed E-state index contributed by atoms with van der Waals surface area (Å²) < 4.78 is 32.0. The third kappa shape index (κ3) is 3.37. The number of aryl methyl sites for hydroxylation is 2. The van der Waals surface area contributed by atoms with Gasteiger partial charge in [0.15, 0.2) is 0 Å². The number of amides is 1. The number of hydrogen-bond donors (Lipinski definition) is 1. The molecule has 0 radical (unpaired) electrons. The first kappa shape index (κ1) is 19.7. The number of aromatic nitrogens is 5. The van der Waals surface area contributed by atoms with E-state index in [4.69, 9.17) is 0 Å².